The molecular formula is C15H20FNO. The minimum atomic E-state index is -0.349. The fourth-order valence-electron chi connectivity index (χ4n) is 2.36. The van der Waals surface area contributed by atoms with Crippen molar-refractivity contribution in [3.63, 3.8) is 0 Å². The van der Waals surface area contributed by atoms with Crippen LogP contribution in [0.2, 0.25) is 0 Å². The second-order valence-electron chi connectivity index (χ2n) is 4.99. The van der Waals surface area contributed by atoms with Gasteiger partial charge in [-0.3, -0.25) is 0 Å². The Labute approximate surface area is 108 Å². The highest BCUT2D eigenvalue weighted by Gasteiger charge is 2.14. The Hall–Kier alpha value is -1.35. The van der Waals surface area contributed by atoms with Gasteiger partial charge in [0.1, 0.15) is 11.6 Å². The van der Waals surface area contributed by atoms with E-state index < -0.39 is 0 Å². The van der Waals surface area contributed by atoms with E-state index >= 15 is 0 Å². The van der Waals surface area contributed by atoms with Crippen molar-refractivity contribution in [2.45, 2.75) is 32.2 Å². The van der Waals surface area contributed by atoms with Gasteiger partial charge in [0.25, 0.3) is 0 Å². The number of rotatable bonds is 4. The molecule has 0 saturated carbocycles. The summed E-state index contributed by atoms with van der Waals surface area (Å²) < 4.78 is 13.7. The summed E-state index contributed by atoms with van der Waals surface area (Å²) in [5.74, 6) is 0.275. The summed E-state index contributed by atoms with van der Waals surface area (Å²) in [6.07, 6.45) is 7.90. The fraction of sp³-hybridized carbons (Fsp3) is 0.467. The fourth-order valence-corrected chi connectivity index (χ4v) is 2.36. The molecule has 0 aromatic heterocycles. The van der Waals surface area contributed by atoms with Crippen molar-refractivity contribution in [2.24, 2.45) is 5.92 Å². The van der Waals surface area contributed by atoms with Crippen molar-refractivity contribution in [1.82, 2.24) is 5.32 Å². The molecule has 2 atom stereocenters. The first-order valence-corrected chi connectivity index (χ1v) is 6.53. The molecule has 0 spiro atoms. The number of benzene rings is 1. The number of phenols is 1. The Bertz CT molecular complexity index is 431. The molecule has 98 valence electrons. The molecule has 0 fully saturated rings. The average Bonchev–Trinajstić information content (AvgIpc) is 2.37. The lowest BCUT2D eigenvalue weighted by molar-refractivity contribution is 0.409. The van der Waals surface area contributed by atoms with Crippen LogP contribution in [0.25, 0.3) is 0 Å². The third-order valence-corrected chi connectivity index (χ3v) is 3.54. The van der Waals surface area contributed by atoms with Crippen LogP contribution >= 0.6 is 0 Å². The lowest BCUT2D eigenvalue weighted by atomic mass is 9.94. The van der Waals surface area contributed by atoms with Crippen molar-refractivity contribution in [3.8, 4) is 5.75 Å². The van der Waals surface area contributed by atoms with E-state index in [-0.39, 0.29) is 17.6 Å². The first-order valence-electron chi connectivity index (χ1n) is 6.53. The highest BCUT2D eigenvalue weighted by Crippen LogP contribution is 2.22. The van der Waals surface area contributed by atoms with Gasteiger partial charge in [-0.25, -0.2) is 4.39 Å². The molecule has 2 unspecified atom stereocenters. The van der Waals surface area contributed by atoms with Crippen molar-refractivity contribution in [1.29, 1.82) is 0 Å². The Morgan fingerprint density at radius 3 is 2.94 bits per heavy atom. The molecule has 0 bridgehead atoms. The molecule has 2 rings (SSSR count). The van der Waals surface area contributed by atoms with Crippen LogP contribution in [-0.4, -0.2) is 11.7 Å². The number of halogens is 1. The SMILES string of the molecule is CC(NCC1CC=CCC1)c1ccc(O)cc1F. The normalized spacial score (nSPS) is 20.9. The van der Waals surface area contributed by atoms with Crippen LogP contribution in [0, 0.1) is 11.7 Å². The molecule has 3 heteroatoms. The van der Waals surface area contributed by atoms with Gasteiger partial charge >= 0.3 is 0 Å². The number of hydrogen-bond donors (Lipinski definition) is 2. The van der Waals surface area contributed by atoms with Gasteiger partial charge in [0, 0.05) is 17.7 Å². The van der Waals surface area contributed by atoms with Gasteiger partial charge in [0.2, 0.25) is 0 Å². The summed E-state index contributed by atoms with van der Waals surface area (Å²) in [4.78, 5) is 0. The van der Waals surface area contributed by atoms with Crippen LogP contribution in [-0.2, 0) is 0 Å². The Morgan fingerprint density at radius 2 is 2.28 bits per heavy atom. The topological polar surface area (TPSA) is 32.3 Å². The van der Waals surface area contributed by atoms with E-state index in [1.165, 1.54) is 12.5 Å². The van der Waals surface area contributed by atoms with Gasteiger partial charge in [-0.15, -0.1) is 0 Å². The number of hydrogen-bond acceptors (Lipinski definition) is 2. The van der Waals surface area contributed by atoms with Crippen LogP contribution in [0.5, 0.6) is 5.75 Å². The van der Waals surface area contributed by atoms with Crippen LogP contribution in [0.4, 0.5) is 4.39 Å². The molecule has 1 aromatic rings. The zero-order chi connectivity index (χ0) is 13.0. The predicted molar refractivity (Wildman–Crippen MR) is 71.0 cm³/mol. The van der Waals surface area contributed by atoms with E-state index in [0.717, 1.165) is 25.5 Å². The van der Waals surface area contributed by atoms with Gasteiger partial charge in [0.15, 0.2) is 0 Å². The Kier molecular flexibility index (Phi) is 4.37. The molecule has 0 heterocycles. The lowest BCUT2D eigenvalue weighted by Crippen LogP contribution is -2.26. The van der Waals surface area contributed by atoms with E-state index in [1.807, 2.05) is 6.92 Å². The van der Waals surface area contributed by atoms with Gasteiger partial charge in [-0.2, -0.15) is 0 Å². The van der Waals surface area contributed by atoms with Gasteiger partial charge in [0.05, 0.1) is 0 Å². The lowest BCUT2D eigenvalue weighted by Gasteiger charge is -2.22. The van der Waals surface area contributed by atoms with Crippen LogP contribution in [0.1, 0.15) is 37.8 Å². The molecule has 1 aliphatic carbocycles. The number of aromatic hydroxyl groups is 1. The van der Waals surface area contributed by atoms with Crippen molar-refractivity contribution < 1.29 is 9.50 Å². The van der Waals surface area contributed by atoms with Crippen LogP contribution in [0.15, 0.2) is 30.4 Å². The zero-order valence-electron chi connectivity index (χ0n) is 10.7. The number of allylic oxidation sites excluding steroid dienone is 2. The first-order chi connectivity index (χ1) is 8.66. The molecule has 0 saturated heterocycles. The molecular weight excluding hydrogens is 229 g/mol. The van der Waals surface area contributed by atoms with E-state index in [9.17, 15) is 9.50 Å². The third kappa shape index (κ3) is 3.33. The average molecular weight is 249 g/mol. The number of nitrogens with one attached hydrogen (secondary N) is 1. The van der Waals surface area contributed by atoms with Gasteiger partial charge < -0.3 is 10.4 Å². The highest BCUT2D eigenvalue weighted by atomic mass is 19.1. The summed E-state index contributed by atoms with van der Waals surface area (Å²) in [6, 6.07) is 4.30. The maximum absolute atomic E-state index is 13.7. The second-order valence-corrected chi connectivity index (χ2v) is 4.99. The van der Waals surface area contributed by atoms with E-state index in [1.54, 1.807) is 6.07 Å². The molecule has 0 amide bonds. The standard InChI is InChI=1S/C15H20FNO/c1-11(14-8-7-13(18)9-15(14)16)17-10-12-5-3-2-4-6-12/h2-3,7-9,11-12,17-18H,4-6,10H2,1H3. The largest absolute Gasteiger partial charge is 0.508 e. The maximum atomic E-state index is 13.7. The third-order valence-electron chi connectivity index (χ3n) is 3.54. The second kappa shape index (κ2) is 6.01. The van der Waals surface area contributed by atoms with Crippen molar-refractivity contribution in [2.75, 3.05) is 6.54 Å². The van der Waals surface area contributed by atoms with Crippen molar-refractivity contribution in [3.05, 3.63) is 41.7 Å². The highest BCUT2D eigenvalue weighted by molar-refractivity contribution is 5.29. The van der Waals surface area contributed by atoms with E-state index in [4.69, 9.17) is 0 Å². The monoisotopic (exact) mass is 249 g/mol. The van der Waals surface area contributed by atoms with Crippen LogP contribution in [0.3, 0.4) is 0 Å². The smallest absolute Gasteiger partial charge is 0.131 e. The number of phenolic OH excluding ortho intramolecular Hbond substituents is 1. The van der Waals surface area contributed by atoms with E-state index in [0.29, 0.717) is 11.5 Å². The first kappa shape index (κ1) is 13.1. The molecule has 0 radical (unpaired) electrons. The minimum absolute atomic E-state index is 0.0270. The minimum Gasteiger partial charge on any atom is -0.508 e. The zero-order valence-corrected chi connectivity index (χ0v) is 10.7. The van der Waals surface area contributed by atoms with Gasteiger partial charge in [-0.1, -0.05) is 18.2 Å². The summed E-state index contributed by atoms with van der Waals surface area (Å²) in [5.41, 5.74) is 0.610. The summed E-state index contributed by atoms with van der Waals surface area (Å²) in [6.45, 7) is 2.86. The predicted octanol–water partition coefficient (Wildman–Crippen LogP) is 3.54. The Morgan fingerprint density at radius 1 is 1.44 bits per heavy atom. The molecule has 0 aliphatic heterocycles. The van der Waals surface area contributed by atoms with Crippen molar-refractivity contribution >= 4 is 0 Å². The molecule has 2 nitrogen and oxygen atoms in total. The summed E-state index contributed by atoms with van der Waals surface area (Å²) in [5, 5.41) is 12.6. The Balaban J connectivity index is 1.90. The molecule has 1 aliphatic rings. The van der Waals surface area contributed by atoms with E-state index in [2.05, 4.69) is 17.5 Å². The quantitative estimate of drug-likeness (QED) is 0.800. The molecule has 1 aromatic carbocycles. The summed E-state index contributed by atoms with van der Waals surface area (Å²) >= 11 is 0. The van der Waals surface area contributed by atoms with Gasteiger partial charge in [-0.05, 0) is 44.7 Å². The molecule has 2 N–H and O–H groups in total. The summed E-state index contributed by atoms with van der Waals surface area (Å²) in [7, 11) is 0. The van der Waals surface area contributed by atoms with Crippen LogP contribution < -0.4 is 5.32 Å². The molecule has 18 heavy (non-hydrogen) atoms. The maximum Gasteiger partial charge on any atom is 0.131 e.